The Kier molecular flexibility index (Phi) is 3.74. The zero-order valence-electron chi connectivity index (χ0n) is 15.1. The zero-order chi connectivity index (χ0) is 16.4. The Morgan fingerprint density at radius 1 is 1.04 bits per heavy atom. The molecular formula is C21H34O2. The maximum absolute atomic E-state index is 10.3. The van der Waals surface area contributed by atoms with E-state index < -0.39 is 0 Å². The van der Waals surface area contributed by atoms with Crippen molar-refractivity contribution < 1.29 is 10.2 Å². The molecule has 0 saturated heterocycles. The highest BCUT2D eigenvalue weighted by Gasteiger charge is 2.59. The Morgan fingerprint density at radius 3 is 2.57 bits per heavy atom. The molecule has 0 unspecified atom stereocenters. The fraction of sp³-hybridized carbons (Fsp3) is 0.905. The van der Waals surface area contributed by atoms with Crippen LogP contribution in [0.4, 0.5) is 0 Å². The minimum atomic E-state index is -0.199. The van der Waals surface area contributed by atoms with Crippen molar-refractivity contribution in [2.24, 2.45) is 34.5 Å². The van der Waals surface area contributed by atoms with Crippen molar-refractivity contribution in [1.82, 2.24) is 0 Å². The highest BCUT2D eigenvalue weighted by molar-refractivity contribution is 5.25. The van der Waals surface area contributed by atoms with E-state index in [0.717, 1.165) is 24.2 Å². The van der Waals surface area contributed by atoms with Gasteiger partial charge >= 0.3 is 0 Å². The number of fused-ring (bicyclic) bond motifs is 5. The van der Waals surface area contributed by atoms with E-state index in [0.29, 0.717) is 16.7 Å². The molecule has 0 aromatic rings. The predicted molar refractivity (Wildman–Crippen MR) is 92.9 cm³/mol. The van der Waals surface area contributed by atoms with Crippen LogP contribution in [0.1, 0.15) is 72.1 Å². The first-order chi connectivity index (χ1) is 10.9. The summed E-state index contributed by atoms with van der Waals surface area (Å²) in [7, 11) is 0. The van der Waals surface area contributed by atoms with Gasteiger partial charge in [-0.3, -0.25) is 0 Å². The summed E-state index contributed by atoms with van der Waals surface area (Å²) in [6, 6.07) is 0. The van der Waals surface area contributed by atoms with Crippen LogP contribution in [0.25, 0.3) is 0 Å². The minimum absolute atomic E-state index is 0.152. The third-order valence-electron chi connectivity index (χ3n) is 8.74. The van der Waals surface area contributed by atoms with Gasteiger partial charge in [0.2, 0.25) is 0 Å². The van der Waals surface area contributed by atoms with E-state index >= 15 is 0 Å². The van der Waals surface area contributed by atoms with Crippen molar-refractivity contribution in [2.75, 3.05) is 0 Å². The van der Waals surface area contributed by atoms with Gasteiger partial charge < -0.3 is 10.2 Å². The molecule has 3 saturated carbocycles. The molecule has 3 fully saturated rings. The lowest BCUT2D eigenvalue weighted by atomic mass is 9.46. The maximum Gasteiger partial charge on any atom is 0.0724 e. The van der Waals surface area contributed by atoms with Crippen LogP contribution in [0, 0.1) is 34.5 Å². The van der Waals surface area contributed by atoms with Crippen LogP contribution < -0.4 is 0 Å². The highest BCUT2D eigenvalue weighted by Crippen LogP contribution is 2.67. The molecule has 4 rings (SSSR count). The van der Waals surface area contributed by atoms with Crippen LogP contribution in [0.5, 0.6) is 0 Å². The summed E-state index contributed by atoms with van der Waals surface area (Å²) < 4.78 is 0. The second kappa shape index (κ2) is 5.33. The van der Waals surface area contributed by atoms with Crippen LogP contribution >= 0.6 is 0 Å². The molecule has 0 aromatic heterocycles. The molecule has 0 bridgehead atoms. The van der Waals surface area contributed by atoms with Gasteiger partial charge in [0.15, 0.2) is 0 Å². The van der Waals surface area contributed by atoms with Crippen LogP contribution in [0.2, 0.25) is 0 Å². The first-order valence-corrected chi connectivity index (χ1v) is 9.93. The normalized spacial score (nSPS) is 53.8. The van der Waals surface area contributed by atoms with Gasteiger partial charge in [0.1, 0.15) is 0 Å². The standard InChI is InChI=1S/C21H34O2/c1-13(22)17-6-7-18-16-5-4-14-12-15(23)8-10-20(14,2)19(16)9-11-21(17,18)3/h12-13,15-19,22-23H,4-11H2,1-3H3/t13-,15+,16-,17+,18-,19-,20+,21+/m1/s1. The van der Waals surface area contributed by atoms with E-state index in [1.165, 1.54) is 44.9 Å². The smallest absolute Gasteiger partial charge is 0.0724 e. The van der Waals surface area contributed by atoms with E-state index in [2.05, 4.69) is 19.9 Å². The van der Waals surface area contributed by atoms with E-state index in [1.54, 1.807) is 5.57 Å². The SMILES string of the molecule is C[C@@H](O)[C@@H]1CC[C@@H]2[C@H]3CCC4=C[C@@H](O)CC[C@]4(C)[C@@H]3CC[C@]21C. The van der Waals surface area contributed by atoms with Gasteiger partial charge in [0, 0.05) is 0 Å². The molecule has 4 aliphatic carbocycles. The summed E-state index contributed by atoms with van der Waals surface area (Å²) in [6.45, 7) is 6.98. The van der Waals surface area contributed by atoms with Gasteiger partial charge in [-0.2, -0.15) is 0 Å². The molecule has 2 nitrogen and oxygen atoms in total. The molecule has 0 aliphatic heterocycles. The maximum atomic E-state index is 10.3. The quantitative estimate of drug-likeness (QED) is 0.707. The monoisotopic (exact) mass is 318 g/mol. The summed E-state index contributed by atoms with van der Waals surface area (Å²) in [5.74, 6) is 2.97. The number of hydrogen-bond donors (Lipinski definition) is 2. The average Bonchev–Trinajstić information content (AvgIpc) is 2.85. The number of hydrogen-bond acceptors (Lipinski definition) is 2. The fourth-order valence-electron chi connectivity index (χ4n) is 7.54. The molecule has 0 spiro atoms. The Hall–Kier alpha value is -0.340. The van der Waals surface area contributed by atoms with Gasteiger partial charge in [-0.15, -0.1) is 0 Å². The predicted octanol–water partition coefficient (Wildman–Crippen LogP) is 4.31. The second-order valence-electron chi connectivity index (χ2n) is 9.60. The lowest BCUT2D eigenvalue weighted by Gasteiger charge is -2.58. The lowest BCUT2D eigenvalue weighted by molar-refractivity contribution is -0.0725. The summed E-state index contributed by atoms with van der Waals surface area (Å²) in [5.41, 5.74) is 2.26. The Balaban J connectivity index is 1.64. The first-order valence-electron chi connectivity index (χ1n) is 9.93. The molecule has 0 aromatic carbocycles. The van der Waals surface area contributed by atoms with Gasteiger partial charge in [-0.05, 0) is 92.8 Å². The third kappa shape index (κ3) is 2.20. The molecule has 130 valence electrons. The Morgan fingerprint density at radius 2 is 1.83 bits per heavy atom. The van der Waals surface area contributed by atoms with Crippen molar-refractivity contribution in [3.05, 3.63) is 11.6 Å². The van der Waals surface area contributed by atoms with Crippen LogP contribution in [0.15, 0.2) is 11.6 Å². The first kappa shape index (κ1) is 16.1. The molecule has 23 heavy (non-hydrogen) atoms. The van der Waals surface area contributed by atoms with Crippen molar-refractivity contribution in [3.63, 3.8) is 0 Å². The van der Waals surface area contributed by atoms with Gasteiger partial charge in [0.05, 0.1) is 12.2 Å². The minimum Gasteiger partial charge on any atom is -0.393 e. The Labute approximate surface area is 141 Å². The van der Waals surface area contributed by atoms with Crippen molar-refractivity contribution in [2.45, 2.75) is 84.3 Å². The van der Waals surface area contributed by atoms with Gasteiger partial charge in [-0.1, -0.05) is 25.5 Å². The Bertz CT molecular complexity index is 510. The number of aliphatic hydroxyl groups excluding tert-OH is 2. The summed E-state index contributed by atoms with van der Waals surface area (Å²) >= 11 is 0. The summed E-state index contributed by atoms with van der Waals surface area (Å²) in [4.78, 5) is 0. The summed E-state index contributed by atoms with van der Waals surface area (Å²) in [6.07, 6.45) is 11.6. The fourth-order valence-corrected chi connectivity index (χ4v) is 7.54. The molecule has 2 heteroatoms. The van der Waals surface area contributed by atoms with Crippen molar-refractivity contribution in [3.8, 4) is 0 Å². The molecule has 0 heterocycles. The number of rotatable bonds is 1. The largest absolute Gasteiger partial charge is 0.393 e. The molecule has 8 atom stereocenters. The van der Waals surface area contributed by atoms with Crippen LogP contribution in [0.3, 0.4) is 0 Å². The zero-order valence-corrected chi connectivity index (χ0v) is 15.1. The average molecular weight is 319 g/mol. The molecule has 0 amide bonds. The van der Waals surface area contributed by atoms with E-state index in [1.807, 2.05) is 6.92 Å². The topological polar surface area (TPSA) is 40.5 Å². The summed E-state index contributed by atoms with van der Waals surface area (Å²) in [5, 5.41) is 20.3. The highest BCUT2D eigenvalue weighted by atomic mass is 16.3. The lowest BCUT2D eigenvalue weighted by Crippen LogP contribution is -2.51. The van der Waals surface area contributed by atoms with Gasteiger partial charge in [-0.25, -0.2) is 0 Å². The molecule has 4 aliphatic rings. The van der Waals surface area contributed by atoms with Gasteiger partial charge in [0.25, 0.3) is 0 Å². The van der Waals surface area contributed by atoms with Crippen molar-refractivity contribution in [1.29, 1.82) is 0 Å². The molecule has 0 radical (unpaired) electrons. The number of aliphatic hydroxyl groups is 2. The van der Waals surface area contributed by atoms with E-state index in [4.69, 9.17) is 0 Å². The second-order valence-corrected chi connectivity index (χ2v) is 9.60. The van der Waals surface area contributed by atoms with Crippen LogP contribution in [-0.4, -0.2) is 22.4 Å². The van der Waals surface area contributed by atoms with E-state index in [-0.39, 0.29) is 12.2 Å². The van der Waals surface area contributed by atoms with E-state index in [9.17, 15) is 10.2 Å². The van der Waals surface area contributed by atoms with Crippen LogP contribution in [-0.2, 0) is 0 Å². The van der Waals surface area contributed by atoms with Crippen molar-refractivity contribution >= 4 is 0 Å². The molecular weight excluding hydrogens is 284 g/mol. The molecule has 2 N–H and O–H groups in total. The third-order valence-corrected chi connectivity index (χ3v) is 8.74. The number of allylic oxidation sites excluding steroid dienone is 1.